The third-order valence-corrected chi connectivity index (χ3v) is 3.80. The monoisotopic (exact) mass is 241 g/mol. The highest BCUT2D eigenvalue weighted by atomic mass is 15.2. The van der Waals surface area contributed by atoms with Crippen molar-refractivity contribution in [1.29, 1.82) is 0 Å². The summed E-state index contributed by atoms with van der Waals surface area (Å²) in [6, 6.07) is 9.11. The van der Waals surface area contributed by atoms with Gasteiger partial charge < -0.3 is 5.32 Å². The van der Waals surface area contributed by atoms with Crippen LogP contribution >= 0.6 is 0 Å². The van der Waals surface area contributed by atoms with Gasteiger partial charge in [-0.1, -0.05) is 11.6 Å². The van der Waals surface area contributed by atoms with Gasteiger partial charge in [-0.3, -0.25) is 9.88 Å². The van der Waals surface area contributed by atoms with Gasteiger partial charge >= 0.3 is 0 Å². The van der Waals surface area contributed by atoms with E-state index in [1.165, 1.54) is 16.5 Å². The van der Waals surface area contributed by atoms with E-state index in [1.54, 1.807) is 0 Å². The summed E-state index contributed by atoms with van der Waals surface area (Å²) in [7, 11) is 2.20. The molecule has 2 heterocycles. The molecule has 1 atom stereocenters. The molecule has 0 radical (unpaired) electrons. The Bertz CT molecular complexity index is 565. The standard InChI is InChI=1S/C15H19N3/c1-11-3-4-14-13(9-11)12(5-6-17-14)15-10-16-7-8-18(15)2/h3-6,9,15-16H,7-8,10H2,1-2H3. The Hall–Kier alpha value is -1.45. The predicted octanol–water partition coefficient (Wildman–Crippen LogP) is 2.12. The van der Waals surface area contributed by atoms with Crippen LogP contribution in [0.2, 0.25) is 0 Å². The van der Waals surface area contributed by atoms with Gasteiger partial charge in [-0.15, -0.1) is 0 Å². The molecule has 0 spiro atoms. The second kappa shape index (κ2) is 4.67. The first kappa shape index (κ1) is 11.6. The number of fused-ring (bicyclic) bond motifs is 1. The summed E-state index contributed by atoms with van der Waals surface area (Å²) < 4.78 is 0. The van der Waals surface area contributed by atoms with Crippen molar-refractivity contribution in [1.82, 2.24) is 15.2 Å². The van der Waals surface area contributed by atoms with Gasteiger partial charge in [0, 0.05) is 37.3 Å². The molecule has 3 heteroatoms. The van der Waals surface area contributed by atoms with Crippen molar-refractivity contribution in [3.8, 4) is 0 Å². The number of aryl methyl sites for hydroxylation is 1. The van der Waals surface area contributed by atoms with Crippen LogP contribution in [0.5, 0.6) is 0 Å². The van der Waals surface area contributed by atoms with Crippen LogP contribution < -0.4 is 5.32 Å². The molecule has 1 fully saturated rings. The van der Waals surface area contributed by atoms with E-state index in [0.717, 1.165) is 25.2 Å². The van der Waals surface area contributed by atoms with Crippen molar-refractivity contribution < 1.29 is 0 Å². The first-order valence-electron chi connectivity index (χ1n) is 6.52. The molecule has 0 aliphatic carbocycles. The summed E-state index contributed by atoms with van der Waals surface area (Å²) in [5.74, 6) is 0. The molecule has 94 valence electrons. The van der Waals surface area contributed by atoms with Gasteiger partial charge in [0.1, 0.15) is 0 Å². The molecule has 1 aliphatic rings. The molecule has 1 aliphatic heterocycles. The van der Waals surface area contributed by atoms with E-state index in [2.05, 4.69) is 53.4 Å². The lowest BCUT2D eigenvalue weighted by atomic mass is 9.98. The second-order valence-corrected chi connectivity index (χ2v) is 5.12. The number of likely N-dealkylation sites (N-methyl/N-ethyl adjacent to an activating group) is 1. The van der Waals surface area contributed by atoms with Gasteiger partial charge in [0.05, 0.1) is 5.52 Å². The van der Waals surface area contributed by atoms with E-state index >= 15 is 0 Å². The van der Waals surface area contributed by atoms with E-state index < -0.39 is 0 Å². The van der Waals surface area contributed by atoms with Crippen LogP contribution in [0.3, 0.4) is 0 Å². The van der Waals surface area contributed by atoms with Crippen LogP contribution in [0, 0.1) is 6.92 Å². The minimum absolute atomic E-state index is 0.450. The van der Waals surface area contributed by atoms with E-state index in [0.29, 0.717) is 6.04 Å². The summed E-state index contributed by atoms with van der Waals surface area (Å²) in [6.45, 7) is 5.33. The Morgan fingerprint density at radius 1 is 1.33 bits per heavy atom. The van der Waals surface area contributed by atoms with Crippen LogP contribution in [0.4, 0.5) is 0 Å². The lowest BCUT2D eigenvalue weighted by Crippen LogP contribution is -2.43. The number of aromatic nitrogens is 1. The zero-order valence-electron chi connectivity index (χ0n) is 11.0. The zero-order valence-corrected chi connectivity index (χ0v) is 11.0. The van der Waals surface area contributed by atoms with Crippen molar-refractivity contribution in [2.75, 3.05) is 26.7 Å². The SMILES string of the molecule is Cc1ccc2nccc(C3CNCCN3C)c2c1. The molecule has 1 N–H and O–H groups in total. The van der Waals surface area contributed by atoms with E-state index in [4.69, 9.17) is 0 Å². The predicted molar refractivity (Wildman–Crippen MR) is 74.7 cm³/mol. The fraction of sp³-hybridized carbons (Fsp3) is 0.400. The Morgan fingerprint density at radius 3 is 3.06 bits per heavy atom. The van der Waals surface area contributed by atoms with Crippen LogP contribution in [0.15, 0.2) is 30.5 Å². The number of piperazine rings is 1. The third-order valence-electron chi connectivity index (χ3n) is 3.80. The van der Waals surface area contributed by atoms with Gasteiger partial charge in [-0.2, -0.15) is 0 Å². The number of benzene rings is 1. The fourth-order valence-electron chi connectivity index (χ4n) is 2.73. The topological polar surface area (TPSA) is 28.2 Å². The highest BCUT2D eigenvalue weighted by molar-refractivity contribution is 5.83. The molecule has 18 heavy (non-hydrogen) atoms. The Balaban J connectivity index is 2.12. The number of hydrogen-bond acceptors (Lipinski definition) is 3. The highest BCUT2D eigenvalue weighted by Crippen LogP contribution is 2.27. The van der Waals surface area contributed by atoms with Crippen molar-refractivity contribution >= 4 is 10.9 Å². The molecule has 0 saturated carbocycles. The van der Waals surface area contributed by atoms with Crippen LogP contribution in [0.25, 0.3) is 10.9 Å². The minimum atomic E-state index is 0.450. The fourth-order valence-corrected chi connectivity index (χ4v) is 2.73. The second-order valence-electron chi connectivity index (χ2n) is 5.12. The molecular formula is C15H19N3. The molecule has 0 amide bonds. The third kappa shape index (κ3) is 2.00. The molecule has 0 bridgehead atoms. The maximum atomic E-state index is 4.46. The number of pyridine rings is 1. The molecule has 1 aromatic carbocycles. The zero-order chi connectivity index (χ0) is 12.5. The summed E-state index contributed by atoms with van der Waals surface area (Å²) >= 11 is 0. The van der Waals surface area contributed by atoms with E-state index in [9.17, 15) is 0 Å². The van der Waals surface area contributed by atoms with Gasteiger partial charge in [0.15, 0.2) is 0 Å². The lowest BCUT2D eigenvalue weighted by Gasteiger charge is -2.34. The highest BCUT2D eigenvalue weighted by Gasteiger charge is 2.22. The first-order chi connectivity index (χ1) is 8.75. The summed E-state index contributed by atoms with van der Waals surface area (Å²) in [6.07, 6.45) is 1.93. The van der Waals surface area contributed by atoms with E-state index in [1.807, 2.05) is 6.20 Å². The first-order valence-corrected chi connectivity index (χ1v) is 6.52. The summed E-state index contributed by atoms with van der Waals surface area (Å²) in [5.41, 5.74) is 3.78. The number of rotatable bonds is 1. The molecule has 1 saturated heterocycles. The number of hydrogen-bond donors (Lipinski definition) is 1. The molecule has 1 aromatic heterocycles. The molecular weight excluding hydrogens is 222 g/mol. The Kier molecular flexibility index (Phi) is 3.02. The maximum Gasteiger partial charge on any atom is 0.0705 e. The van der Waals surface area contributed by atoms with Gasteiger partial charge in [0.25, 0.3) is 0 Å². The van der Waals surface area contributed by atoms with Crippen molar-refractivity contribution in [2.45, 2.75) is 13.0 Å². The molecule has 3 rings (SSSR count). The average Bonchev–Trinajstić information content (AvgIpc) is 2.39. The number of nitrogens with one attached hydrogen (secondary N) is 1. The van der Waals surface area contributed by atoms with Crippen molar-refractivity contribution in [3.63, 3.8) is 0 Å². The largest absolute Gasteiger partial charge is 0.314 e. The smallest absolute Gasteiger partial charge is 0.0705 e. The summed E-state index contributed by atoms with van der Waals surface area (Å²) in [5, 5.41) is 4.77. The molecule has 1 unspecified atom stereocenters. The van der Waals surface area contributed by atoms with Crippen LogP contribution in [0.1, 0.15) is 17.2 Å². The Morgan fingerprint density at radius 2 is 2.22 bits per heavy atom. The normalized spacial score (nSPS) is 21.3. The molecule has 2 aromatic rings. The van der Waals surface area contributed by atoms with Gasteiger partial charge in [-0.25, -0.2) is 0 Å². The minimum Gasteiger partial charge on any atom is -0.314 e. The molecule has 3 nitrogen and oxygen atoms in total. The quantitative estimate of drug-likeness (QED) is 0.829. The van der Waals surface area contributed by atoms with Crippen molar-refractivity contribution in [2.24, 2.45) is 0 Å². The summed E-state index contributed by atoms with van der Waals surface area (Å²) in [4.78, 5) is 6.89. The van der Waals surface area contributed by atoms with Gasteiger partial charge in [0.2, 0.25) is 0 Å². The van der Waals surface area contributed by atoms with Gasteiger partial charge in [-0.05, 0) is 37.7 Å². The van der Waals surface area contributed by atoms with E-state index in [-0.39, 0.29) is 0 Å². The lowest BCUT2D eigenvalue weighted by molar-refractivity contribution is 0.203. The average molecular weight is 241 g/mol. The number of nitrogens with zero attached hydrogens (tertiary/aromatic N) is 2. The van der Waals surface area contributed by atoms with Crippen LogP contribution in [-0.2, 0) is 0 Å². The Labute approximate surface area is 108 Å². The van der Waals surface area contributed by atoms with Crippen LogP contribution in [-0.4, -0.2) is 36.6 Å². The maximum absolute atomic E-state index is 4.46. The van der Waals surface area contributed by atoms with Crippen molar-refractivity contribution in [3.05, 3.63) is 41.6 Å².